The number of benzene rings is 4. The van der Waals surface area contributed by atoms with Crippen LogP contribution >= 0.6 is 0 Å². The Morgan fingerprint density at radius 1 is 0.735 bits per heavy atom. The minimum absolute atomic E-state index is 0.0333. The summed E-state index contributed by atoms with van der Waals surface area (Å²) in [5.41, 5.74) is 6.41. The van der Waals surface area contributed by atoms with E-state index < -0.39 is 22.8 Å². The Balaban J connectivity index is 0.621. The van der Waals surface area contributed by atoms with Gasteiger partial charge in [-0.15, -0.1) is 0 Å². The molecule has 0 radical (unpaired) electrons. The van der Waals surface area contributed by atoms with Crippen molar-refractivity contribution in [3.63, 3.8) is 0 Å². The number of non-ortho nitro benzene ring substituents is 1. The molecule has 4 aromatic rings. The molecular weight excluding hydrogens is 863 g/mol. The van der Waals surface area contributed by atoms with Gasteiger partial charge >= 0.3 is 0 Å². The van der Waals surface area contributed by atoms with Gasteiger partial charge in [-0.05, 0) is 91.4 Å². The first kappa shape index (κ1) is 44.9. The van der Waals surface area contributed by atoms with E-state index in [9.17, 15) is 29.3 Å². The van der Waals surface area contributed by atoms with E-state index in [2.05, 4.69) is 26.6 Å². The van der Waals surface area contributed by atoms with Crippen LogP contribution < -0.4 is 19.9 Å². The quantitative estimate of drug-likeness (QED) is 0.0612. The third-order valence-corrected chi connectivity index (χ3v) is 14.2. The molecule has 6 aliphatic rings. The van der Waals surface area contributed by atoms with Crippen LogP contribution in [-0.4, -0.2) is 120 Å². The van der Waals surface area contributed by atoms with E-state index in [1.165, 1.54) is 12.1 Å². The number of likely N-dealkylation sites (tertiary alicyclic amines) is 1. The molecule has 15 heteroatoms. The average Bonchev–Trinajstić information content (AvgIpc) is 3.75. The van der Waals surface area contributed by atoms with Crippen molar-refractivity contribution < 1.29 is 33.6 Å². The number of amides is 4. The predicted octanol–water partition coefficient (Wildman–Crippen LogP) is 6.84. The van der Waals surface area contributed by atoms with Gasteiger partial charge < -0.3 is 29.5 Å². The molecule has 4 aromatic carbocycles. The number of nitrogens with one attached hydrogen (secondary N) is 1. The molecule has 1 atom stereocenters. The minimum atomic E-state index is -0.813. The molecular formula is C53H55N7O8. The number of nitro groups is 1. The molecule has 0 aromatic heterocycles. The highest BCUT2D eigenvalue weighted by Crippen LogP contribution is 2.38. The number of nitrogens with zero attached hydrogens (tertiary/aromatic N) is 6. The van der Waals surface area contributed by atoms with Gasteiger partial charge in [0.2, 0.25) is 5.91 Å². The number of hydrogen-bond acceptors (Lipinski definition) is 11. The van der Waals surface area contributed by atoms with Crippen molar-refractivity contribution in [2.45, 2.75) is 69.4 Å². The molecule has 1 saturated carbocycles. The molecule has 10 rings (SSSR count). The molecule has 1 unspecified atom stereocenters. The number of piperidine rings is 2. The summed E-state index contributed by atoms with van der Waals surface area (Å²) in [5, 5.41) is 13.7. The zero-order valence-electron chi connectivity index (χ0n) is 38.0. The predicted molar refractivity (Wildman–Crippen MR) is 258 cm³/mol. The number of allylic oxidation sites excluding steroid dienone is 3. The van der Waals surface area contributed by atoms with Gasteiger partial charge in [-0.25, -0.2) is 0 Å². The molecule has 5 heterocycles. The lowest BCUT2D eigenvalue weighted by Crippen LogP contribution is -2.51. The molecule has 5 aliphatic heterocycles. The summed E-state index contributed by atoms with van der Waals surface area (Å²) in [6.07, 6.45) is 10.7. The third-order valence-electron chi connectivity index (χ3n) is 14.2. The number of piperazine rings is 1. The Morgan fingerprint density at radius 2 is 1.44 bits per heavy atom. The van der Waals surface area contributed by atoms with Gasteiger partial charge in [0.25, 0.3) is 23.4 Å². The molecule has 0 spiro atoms. The number of fused-ring (bicyclic) bond motifs is 2. The van der Waals surface area contributed by atoms with E-state index >= 15 is 0 Å². The summed E-state index contributed by atoms with van der Waals surface area (Å²) >= 11 is 0. The number of hydrogen-bond donors (Lipinski definition) is 1. The third kappa shape index (κ3) is 9.46. The van der Waals surface area contributed by atoms with Gasteiger partial charge in [-0.1, -0.05) is 49.1 Å². The highest BCUT2D eigenvalue weighted by atomic mass is 16.6. The monoisotopic (exact) mass is 917 g/mol. The van der Waals surface area contributed by atoms with Crippen LogP contribution in [0.15, 0.2) is 115 Å². The second kappa shape index (κ2) is 19.3. The normalized spacial score (nSPS) is 23.1. The van der Waals surface area contributed by atoms with Gasteiger partial charge in [0.1, 0.15) is 17.9 Å². The van der Waals surface area contributed by atoms with Crippen LogP contribution in [0.25, 0.3) is 11.6 Å². The van der Waals surface area contributed by atoms with Crippen molar-refractivity contribution in [1.29, 1.82) is 0 Å². The average molecular weight is 918 g/mol. The first-order chi connectivity index (χ1) is 33.0. The van der Waals surface area contributed by atoms with E-state index in [4.69, 9.17) is 9.47 Å². The van der Waals surface area contributed by atoms with Crippen LogP contribution in [0.1, 0.15) is 75.9 Å². The summed E-state index contributed by atoms with van der Waals surface area (Å²) < 4.78 is 12.8. The number of carbonyl (C=O) groups excluding carboxylic acids is 4. The van der Waals surface area contributed by atoms with Crippen molar-refractivity contribution in [1.82, 2.24) is 20.0 Å². The summed E-state index contributed by atoms with van der Waals surface area (Å²) in [6.45, 7) is 11.8. The number of ether oxygens (including phenoxy) is 2. The number of imide groups is 1. The number of para-hydroxylation sites is 1. The SMILES string of the molecule is C=C1CCC(N2C(=O)c3ccc(N4CCN(CCN5CCC(O[C@H]6C[C@H](Oc7ccc(CN8C(=O)/C(=C/C=C/c9ccc([N+](=O)[O-])cc9)c9ccccc98)cc7)C6)CC5)CC4)cc3C2=O)C(=O)N1. The second-order valence-electron chi connectivity index (χ2n) is 18.5. The van der Waals surface area contributed by atoms with Crippen LogP contribution in [0.3, 0.4) is 0 Å². The largest absolute Gasteiger partial charge is 0.490 e. The van der Waals surface area contributed by atoms with E-state index in [-0.39, 0.29) is 35.8 Å². The number of carbonyl (C=O) groups is 4. The Morgan fingerprint density at radius 3 is 2.16 bits per heavy atom. The van der Waals surface area contributed by atoms with E-state index in [1.807, 2.05) is 66.7 Å². The standard InChI is InChI=1S/C53H55N7O8/c1-35-9-20-49(50(61)54-35)59-52(63)46-19-16-39(31-47(46)53(59)64)57-29-27-56(28-30-57)26-25-55-23-21-41(22-24-55)68-43-32-42(33-43)67-40-17-12-37(13-18-40)34-58-48-8-3-2-6-44(48)45(51(58)62)7-4-5-36-10-14-38(15-11-36)60(65)66/h2-8,10-19,31,41-43,49H,1,9,20-30,32-34H2,(H,54,61)/b5-4+,45-7+/t42-,43-,49?. The number of anilines is 2. The molecule has 1 N–H and O–H groups in total. The maximum absolute atomic E-state index is 13.7. The first-order valence-electron chi connectivity index (χ1n) is 23.7. The van der Waals surface area contributed by atoms with Crippen molar-refractivity contribution >= 4 is 52.3 Å². The van der Waals surface area contributed by atoms with Gasteiger partial charge in [-0.3, -0.25) is 39.1 Å². The van der Waals surface area contributed by atoms with Crippen molar-refractivity contribution in [2.24, 2.45) is 0 Å². The summed E-state index contributed by atoms with van der Waals surface area (Å²) in [4.78, 5) is 73.7. The smallest absolute Gasteiger partial charge is 0.269 e. The summed E-state index contributed by atoms with van der Waals surface area (Å²) in [6, 6.07) is 26.7. The fraction of sp³-hybridized carbons (Fsp3) is 0.358. The van der Waals surface area contributed by atoms with Gasteiger partial charge in [-0.2, -0.15) is 0 Å². The fourth-order valence-electron chi connectivity index (χ4n) is 10.1. The number of nitro benzene ring substituents is 1. The Kier molecular flexibility index (Phi) is 12.8. The van der Waals surface area contributed by atoms with Crippen LogP contribution in [-0.2, 0) is 20.9 Å². The lowest BCUT2D eigenvalue weighted by atomic mass is 9.91. The van der Waals surface area contributed by atoms with Crippen molar-refractivity contribution in [3.8, 4) is 5.75 Å². The zero-order chi connectivity index (χ0) is 46.9. The van der Waals surface area contributed by atoms with Crippen molar-refractivity contribution in [3.05, 3.63) is 153 Å². The topological polar surface area (TPSA) is 158 Å². The molecule has 1 aliphatic carbocycles. The Hall–Kier alpha value is -6.94. The van der Waals surface area contributed by atoms with Gasteiger partial charge in [0, 0.05) is 99.9 Å². The summed E-state index contributed by atoms with van der Waals surface area (Å²) in [5.74, 6) is -0.443. The van der Waals surface area contributed by atoms with E-state index in [0.717, 1.165) is 117 Å². The summed E-state index contributed by atoms with van der Waals surface area (Å²) in [7, 11) is 0. The highest BCUT2D eigenvalue weighted by molar-refractivity contribution is 6.32. The lowest BCUT2D eigenvalue weighted by molar-refractivity contribution is -0.384. The van der Waals surface area contributed by atoms with E-state index in [0.29, 0.717) is 41.8 Å². The van der Waals surface area contributed by atoms with E-state index in [1.54, 1.807) is 35.3 Å². The maximum atomic E-state index is 13.7. The minimum Gasteiger partial charge on any atom is -0.490 e. The van der Waals surface area contributed by atoms with Gasteiger partial charge in [0.15, 0.2) is 0 Å². The molecule has 4 fully saturated rings. The first-order valence-corrected chi connectivity index (χ1v) is 23.7. The fourth-order valence-corrected chi connectivity index (χ4v) is 10.1. The molecule has 0 bridgehead atoms. The molecule has 350 valence electrons. The zero-order valence-corrected chi connectivity index (χ0v) is 38.0. The lowest BCUT2D eigenvalue weighted by Gasteiger charge is -2.40. The molecule has 3 saturated heterocycles. The second-order valence-corrected chi connectivity index (χ2v) is 18.5. The van der Waals surface area contributed by atoms with Crippen LogP contribution in [0, 0.1) is 10.1 Å². The van der Waals surface area contributed by atoms with Gasteiger partial charge in [0.05, 0.1) is 40.5 Å². The Labute approximate surface area is 395 Å². The van der Waals surface area contributed by atoms with Crippen LogP contribution in [0.4, 0.5) is 17.1 Å². The number of rotatable bonds is 14. The molecule has 68 heavy (non-hydrogen) atoms. The van der Waals surface area contributed by atoms with Crippen LogP contribution in [0.2, 0.25) is 0 Å². The Bertz CT molecular complexity index is 2680. The maximum Gasteiger partial charge on any atom is 0.269 e. The van der Waals surface area contributed by atoms with Crippen LogP contribution in [0.5, 0.6) is 5.75 Å². The highest BCUT2D eigenvalue weighted by Gasteiger charge is 2.44. The molecule has 15 nitrogen and oxygen atoms in total. The molecule has 4 amide bonds. The van der Waals surface area contributed by atoms with Crippen molar-refractivity contribution in [2.75, 3.05) is 62.2 Å².